The molecule has 94 valence electrons. The van der Waals surface area contributed by atoms with E-state index in [9.17, 15) is 5.11 Å². The molecule has 1 N–H and O–H groups in total. The van der Waals surface area contributed by atoms with Crippen molar-refractivity contribution < 1.29 is 5.11 Å². The molecule has 0 radical (unpaired) electrons. The van der Waals surface area contributed by atoms with E-state index < -0.39 is 0 Å². The number of aliphatic hydroxyl groups excluding tert-OH is 1. The Balaban J connectivity index is 1.92. The third kappa shape index (κ3) is 2.60. The van der Waals surface area contributed by atoms with E-state index in [1.165, 1.54) is 45.2 Å². The van der Waals surface area contributed by atoms with Crippen LogP contribution < -0.4 is 0 Å². The van der Waals surface area contributed by atoms with Crippen molar-refractivity contribution in [2.75, 3.05) is 13.1 Å². The highest BCUT2D eigenvalue weighted by molar-refractivity contribution is 4.91. The summed E-state index contributed by atoms with van der Waals surface area (Å²) in [6.45, 7) is 7.13. The number of hydrogen-bond donors (Lipinski definition) is 1. The van der Waals surface area contributed by atoms with Gasteiger partial charge in [-0.05, 0) is 38.1 Å². The summed E-state index contributed by atoms with van der Waals surface area (Å²) in [5, 5.41) is 10.0. The molecule has 2 fully saturated rings. The minimum absolute atomic E-state index is 0.0115. The van der Waals surface area contributed by atoms with Gasteiger partial charge in [0.05, 0.1) is 6.10 Å². The van der Waals surface area contributed by atoms with Gasteiger partial charge >= 0.3 is 0 Å². The fraction of sp³-hybridized carbons (Fsp3) is 1.00. The van der Waals surface area contributed by atoms with E-state index in [0.717, 1.165) is 12.3 Å². The predicted octanol–water partition coefficient (Wildman–Crippen LogP) is 2.66. The lowest BCUT2D eigenvalue weighted by Crippen LogP contribution is -2.40. The van der Waals surface area contributed by atoms with Crippen molar-refractivity contribution in [2.24, 2.45) is 11.8 Å². The molecule has 2 aliphatic rings. The van der Waals surface area contributed by atoms with Crippen LogP contribution in [-0.4, -0.2) is 35.2 Å². The molecule has 0 bridgehead atoms. The van der Waals surface area contributed by atoms with Crippen molar-refractivity contribution in [1.82, 2.24) is 4.90 Å². The molecule has 16 heavy (non-hydrogen) atoms. The van der Waals surface area contributed by atoms with Gasteiger partial charge in [-0.2, -0.15) is 0 Å². The molecule has 0 aromatic rings. The first-order chi connectivity index (χ1) is 7.72. The second-order valence-corrected chi connectivity index (χ2v) is 5.88. The highest BCUT2D eigenvalue weighted by Gasteiger charge is 2.38. The molecule has 2 rings (SSSR count). The zero-order valence-corrected chi connectivity index (χ0v) is 10.9. The number of likely N-dealkylation sites (tertiary alicyclic amines) is 1. The Morgan fingerprint density at radius 3 is 2.69 bits per heavy atom. The average molecular weight is 225 g/mol. The second-order valence-electron chi connectivity index (χ2n) is 5.88. The average Bonchev–Trinajstić information content (AvgIpc) is 2.86. The summed E-state index contributed by atoms with van der Waals surface area (Å²) >= 11 is 0. The molecule has 1 saturated heterocycles. The second kappa shape index (κ2) is 5.50. The van der Waals surface area contributed by atoms with Gasteiger partial charge in [-0.25, -0.2) is 0 Å². The first-order valence-electron chi connectivity index (χ1n) is 7.14. The Labute approximate surface area is 100 Å². The first kappa shape index (κ1) is 12.4. The van der Waals surface area contributed by atoms with E-state index in [1.54, 1.807) is 0 Å². The third-order valence-electron chi connectivity index (χ3n) is 4.68. The van der Waals surface area contributed by atoms with Crippen molar-refractivity contribution in [3.63, 3.8) is 0 Å². The Morgan fingerprint density at radius 1 is 1.25 bits per heavy atom. The zero-order valence-electron chi connectivity index (χ0n) is 10.9. The Kier molecular flexibility index (Phi) is 4.26. The molecule has 0 aromatic heterocycles. The van der Waals surface area contributed by atoms with Gasteiger partial charge in [0.1, 0.15) is 0 Å². The first-order valence-corrected chi connectivity index (χ1v) is 7.14. The molecule has 2 nitrogen and oxygen atoms in total. The van der Waals surface area contributed by atoms with Crippen LogP contribution in [0.1, 0.15) is 52.4 Å². The van der Waals surface area contributed by atoms with Crippen molar-refractivity contribution in [1.29, 1.82) is 0 Å². The highest BCUT2D eigenvalue weighted by atomic mass is 16.3. The molecular formula is C14H27NO. The van der Waals surface area contributed by atoms with Crippen LogP contribution in [0.5, 0.6) is 0 Å². The summed E-state index contributed by atoms with van der Waals surface area (Å²) in [5.74, 6) is 1.38. The van der Waals surface area contributed by atoms with Gasteiger partial charge in [0, 0.05) is 18.5 Å². The monoisotopic (exact) mass is 225 g/mol. The van der Waals surface area contributed by atoms with Crippen molar-refractivity contribution in [2.45, 2.75) is 64.5 Å². The Bertz CT molecular complexity index is 219. The fourth-order valence-corrected chi connectivity index (χ4v) is 3.51. The normalized spacial score (nSPS) is 38.1. The molecule has 0 amide bonds. The van der Waals surface area contributed by atoms with Crippen molar-refractivity contribution >= 4 is 0 Å². The van der Waals surface area contributed by atoms with Crippen LogP contribution in [0.4, 0.5) is 0 Å². The number of rotatable bonds is 4. The molecular weight excluding hydrogens is 198 g/mol. The lowest BCUT2D eigenvalue weighted by molar-refractivity contribution is 0.0691. The summed E-state index contributed by atoms with van der Waals surface area (Å²) in [6, 6.07) is 0.687. The molecule has 0 aromatic carbocycles. The Morgan fingerprint density at radius 2 is 2.06 bits per heavy atom. The number of aliphatic hydroxyl groups is 1. The minimum Gasteiger partial charge on any atom is -0.393 e. The summed E-state index contributed by atoms with van der Waals surface area (Å²) in [7, 11) is 0. The maximum Gasteiger partial charge on any atom is 0.0583 e. The maximum atomic E-state index is 10.0. The van der Waals surface area contributed by atoms with E-state index in [-0.39, 0.29) is 6.10 Å². The van der Waals surface area contributed by atoms with Crippen LogP contribution in [0.25, 0.3) is 0 Å². The van der Waals surface area contributed by atoms with Crippen LogP contribution in [0.2, 0.25) is 0 Å². The molecule has 1 aliphatic heterocycles. The van der Waals surface area contributed by atoms with E-state index in [2.05, 4.69) is 18.7 Å². The van der Waals surface area contributed by atoms with Crippen molar-refractivity contribution in [3.8, 4) is 0 Å². The largest absolute Gasteiger partial charge is 0.393 e. The molecule has 1 heterocycles. The molecule has 4 atom stereocenters. The zero-order chi connectivity index (χ0) is 11.5. The van der Waals surface area contributed by atoms with Gasteiger partial charge in [-0.3, -0.25) is 4.90 Å². The topological polar surface area (TPSA) is 23.5 Å². The quantitative estimate of drug-likeness (QED) is 0.795. The predicted molar refractivity (Wildman–Crippen MR) is 67.4 cm³/mol. The lowest BCUT2D eigenvalue weighted by Gasteiger charge is -2.32. The SMILES string of the molecule is CCC(C)CN1CCCC1C1CCCC1O. The summed E-state index contributed by atoms with van der Waals surface area (Å²) in [4.78, 5) is 2.66. The van der Waals surface area contributed by atoms with Gasteiger partial charge in [0.25, 0.3) is 0 Å². The molecule has 4 unspecified atom stereocenters. The van der Waals surface area contributed by atoms with Gasteiger partial charge in [0.2, 0.25) is 0 Å². The number of nitrogens with zero attached hydrogens (tertiary/aromatic N) is 1. The van der Waals surface area contributed by atoms with Gasteiger partial charge in [-0.1, -0.05) is 26.7 Å². The number of hydrogen-bond acceptors (Lipinski definition) is 2. The van der Waals surface area contributed by atoms with Crippen LogP contribution in [0.3, 0.4) is 0 Å². The van der Waals surface area contributed by atoms with Crippen LogP contribution in [0.15, 0.2) is 0 Å². The van der Waals surface area contributed by atoms with Crippen LogP contribution in [0, 0.1) is 11.8 Å². The highest BCUT2D eigenvalue weighted by Crippen LogP contribution is 2.36. The van der Waals surface area contributed by atoms with Gasteiger partial charge in [-0.15, -0.1) is 0 Å². The summed E-state index contributed by atoms with van der Waals surface area (Å²) in [6.07, 6.45) is 7.45. The molecule has 0 spiro atoms. The standard InChI is InChI=1S/C14H27NO/c1-3-11(2)10-15-9-5-7-13(15)12-6-4-8-14(12)16/h11-14,16H,3-10H2,1-2H3. The van der Waals surface area contributed by atoms with Crippen LogP contribution in [-0.2, 0) is 0 Å². The smallest absolute Gasteiger partial charge is 0.0583 e. The molecule has 2 heteroatoms. The summed E-state index contributed by atoms with van der Waals surface area (Å²) in [5.41, 5.74) is 0. The van der Waals surface area contributed by atoms with Crippen molar-refractivity contribution in [3.05, 3.63) is 0 Å². The summed E-state index contributed by atoms with van der Waals surface area (Å²) < 4.78 is 0. The van der Waals surface area contributed by atoms with E-state index in [0.29, 0.717) is 12.0 Å². The third-order valence-corrected chi connectivity index (χ3v) is 4.68. The fourth-order valence-electron chi connectivity index (χ4n) is 3.51. The van der Waals surface area contributed by atoms with Gasteiger partial charge in [0.15, 0.2) is 0 Å². The minimum atomic E-state index is -0.0115. The Hall–Kier alpha value is -0.0800. The lowest BCUT2D eigenvalue weighted by atomic mass is 9.93. The molecule has 1 aliphatic carbocycles. The van der Waals surface area contributed by atoms with E-state index >= 15 is 0 Å². The van der Waals surface area contributed by atoms with E-state index in [4.69, 9.17) is 0 Å². The maximum absolute atomic E-state index is 10.0. The van der Waals surface area contributed by atoms with E-state index in [1.807, 2.05) is 0 Å². The van der Waals surface area contributed by atoms with Crippen LogP contribution >= 0.6 is 0 Å². The molecule has 1 saturated carbocycles. The van der Waals surface area contributed by atoms with Gasteiger partial charge < -0.3 is 5.11 Å².